The van der Waals surface area contributed by atoms with Crippen molar-refractivity contribution in [2.75, 3.05) is 6.54 Å². The molecule has 3 radical (unpaired) electrons. The van der Waals surface area contributed by atoms with Crippen LogP contribution in [0.15, 0.2) is 0 Å². The molecule has 0 bridgehead atoms. The van der Waals surface area contributed by atoms with Gasteiger partial charge in [0.15, 0.2) is 0 Å². The third-order valence-electron chi connectivity index (χ3n) is 1.81. The van der Waals surface area contributed by atoms with Crippen molar-refractivity contribution < 1.29 is 0 Å². The van der Waals surface area contributed by atoms with Crippen LogP contribution in [0.3, 0.4) is 0 Å². The Morgan fingerprint density at radius 2 is 1.21 bits per heavy atom. The van der Waals surface area contributed by atoms with Gasteiger partial charge in [-0.05, 0) is 40.7 Å². The Balaban J connectivity index is -0.000000266. The molecule has 0 aliphatic carbocycles. The predicted molar refractivity (Wildman–Crippen MR) is 70.2 cm³/mol. The Labute approximate surface area is 106 Å². The molecule has 0 atom stereocenters. The van der Waals surface area contributed by atoms with Crippen LogP contribution >= 0.6 is 0 Å². The monoisotopic (exact) mass is 308 g/mol. The zero-order valence-corrected chi connectivity index (χ0v) is 14.4. The molecule has 87 valence electrons. The van der Waals surface area contributed by atoms with Gasteiger partial charge in [0.2, 0.25) is 0 Å². The van der Waals surface area contributed by atoms with Crippen LogP contribution in [0.25, 0.3) is 0 Å². The van der Waals surface area contributed by atoms with Gasteiger partial charge in [-0.1, -0.05) is 20.8 Å². The molecule has 14 heavy (non-hydrogen) atoms. The molecule has 2 heteroatoms. The molecule has 0 amide bonds. The van der Waals surface area contributed by atoms with E-state index in [1.807, 2.05) is 13.8 Å². The standard InChI is InChI=1S/C9H21N.C2H6.CH3.Sn/c1-6-7-10(8(2)3)9(4)5;1-2;;/h8-9H,6-7H2,1-5H3;1-2H3;1H3;. The van der Waals surface area contributed by atoms with Crippen molar-refractivity contribution in [3.05, 3.63) is 0 Å². The maximum atomic E-state index is 2.51. The van der Waals surface area contributed by atoms with Gasteiger partial charge in [-0.25, -0.2) is 0 Å². The first-order chi connectivity index (χ1) is 6.59. The van der Waals surface area contributed by atoms with Gasteiger partial charge in [0.05, 0.1) is 0 Å². The van der Waals surface area contributed by atoms with Crippen LogP contribution in [0, 0.1) is 0 Å². The average molecular weight is 307 g/mol. The Morgan fingerprint density at radius 3 is 1.29 bits per heavy atom. The molecule has 0 rings (SSSR count). The Bertz CT molecular complexity index is 74.4. The summed E-state index contributed by atoms with van der Waals surface area (Å²) in [5, 5.41) is 0. The first kappa shape index (κ1) is 20.2. The van der Waals surface area contributed by atoms with Crippen LogP contribution in [-0.4, -0.2) is 46.1 Å². The summed E-state index contributed by atoms with van der Waals surface area (Å²) in [7, 11) is 0. The molecule has 0 aromatic heterocycles. The average Bonchev–Trinajstić information content (AvgIpc) is 2.19. The zero-order valence-electron chi connectivity index (χ0n) is 11.5. The molecular weight excluding hydrogens is 277 g/mol. The summed E-state index contributed by atoms with van der Waals surface area (Å²) in [6, 6.07) is 1.39. The number of rotatable bonds is 4. The Hall–Kier alpha value is 0.759. The van der Waals surface area contributed by atoms with Crippen LogP contribution in [0.2, 0.25) is 4.94 Å². The minimum absolute atomic E-state index is 0.694. The summed E-state index contributed by atoms with van der Waals surface area (Å²) in [6.45, 7) is 16.5. The van der Waals surface area contributed by atoms with Crippen LogP contribution in [-0.2, 0) is 0 Å². The van der Waals surface area contributed by atoms with Gasteiger partial charge in [0.1, 0.15) is 0 Å². The molecular formula is C12H30NSn. The van der Waals surface area contributed by atoms with E-state index in [4.69, 9.17) is 0 Å². The summed E-state index contributed by atoms with van der Waals surface area (Å²) >= 11 is 1.55. The van der Waals surface area contributed by atoms with Crippen molar-refractivity contribution >= 4 is 22.5 Å². The van der Waals surface area contributed by atoms with E-state index in [0.717, 1.165) is 0 Å². The number of nitrogens with zero attached hydrogens (tertiary/aromatic N) is 1. The molecule has 0 fully saturated rings. The molecule has 0 aliphatic heterocycles. The topological polar surface area (TPSA) is 3.24 Å². The van der Waals surface area contributed by atoms with E-state index in [9.17, 15) is 0 Å². The van der Waals surface area contributed by atoms with Gasteiger partial charge in [0, 0.05) is 12.1 Å². The quantitative estimate of drug-likeness (QED) is 0.715. The van der Waals surface area contributed by atoms with Crippen LogP contribution < -0.4 is 0 Å². The van der Waals surface area contributed by atoms with E-state index >= 15 is 0 Å². The summed E-state index contributed by atoms with van der Waals surface area (Å²) in [5.41, 5.74) is 0. The van der Waals surface area contributed by atoms with Gasteiger partial charge in [-0.3, -0.25) is 4.90 Å². The molecule has 1 nitrogen and oxygen atoms in total. The van der Waals surface area contributed by atoms with E-state index < -0.39 is 0 Å². The fourth-order valence-electron chi connectivity index (χ4n) is 1.37. The second kappa shape index (κ2) is 16.2. The van der Waals surface area contributed by atoms with Gasteiger partial charge < -0.3 is 0 Å². The molecule has 0 N–H and O–H groups in total. The van der Waals surface area contributed by atoms with Crippen molar-refractivity contribution in [1.29, 1.82) is 0 Å². The summed E-state index contributed by atoms with van der Waals surface area (Å²) in [5.74, 6) is 0. The normalized spacial score (nSPS) is 9.43. The number of hydrogen-bond acceptors (Lipinski definition) is 1. The third-order valence-corrected chi connectivity index (χ3v) is 1.81. The van der Waals surface area contributed by atoms with Crippen molar-refractivity contribution in [3.8, 4) is 0 Å². The molecule has 0 spiro atoms. The first-order valence-electron chi connectivity index (χ1n) is 5.85. The van der Waals surface area contributed by atoms with E-state index in [-0.39, 0.29) is 0 Å². The molecule has 0 unspecified atom stereocenters. The zero-order chi connectivity index (χ0) is 12.1. The summed E-state index contributed by atoms with van der Waals surface area (Å²) in [4.78, 5) is 4.60. The van der Waals surface area contributed by atoms with E-state index in [1.165, 1.54) is 13.0 Å². The van der Waals surface area contributed by atoms with Crippen molar-refractivity contribution in [1.82, 2.24) is 4.90 Å². The summed E-state index contributed by atoms with van der Waals surface area (Å²) in [6.07, 6.45) is 1.26. The molecule has 0 saturated carbocycles. The molecule has 0 saturated heterocycles. The molecule has 0 aromatic rings. The van der Waals surface area contributed by atoms with E-state index in [0.29, 0.717) is 12.1 Å². The Kier molecular flexibility index (Phi) is 23.4. The van der Waals surface area contributed by atoms with Gasteiger partial charge in [-0.15, -0.1) is 0 Å². The fraction of sp³-hybridized carbons (Fsp3) is 1.00. The summed E-state index contributed by atoms with van der Waals surface area (Å²) < 4.78 is 0. The SMILES string of the molecule is CC.CCCN(C(C)C)C(C)C.[CH3][Sn]. The maximum absolute atomic E-state index is 2.51. The van der Waals surface area contributed by atoms with Gasteiger partial charge in [-0.2, -0.15) is 0 Å². The molecule has 0 heterocycles. The minimum atomic E-state index is 0.694. The van der Waals surface area contributed by atoms with Crippen molar-refractivity contribution in [3.63, 3.8) is 0 Å². The van der Waals surface area contributed by atoms with E-state index in [1.54, 1.807) is 22.5 Å². The van der Waals surface area contributed by atoms with Crippen molar-refractivity contribution in [2.24, 2.45) is 0 Å². The van der Waals surface area contributed by atoms with Gasteiger partial charge >= 0.3 is 27.5 Å². The number of hydrogen-bond donors (Lipinski definition) is 0. The van der Waals surface area contributed by atoms with Crippen LogP contribution in [0.5, 0.6) is 0 Å². The third kappa shape index (κ3) is 12.8. The first-order valence-corrected chi connectivity index (χ1v) is 8.70. The molecule has 0 aromatic carbocycles. The second-order valence-corrected chi connectivity index (χ2v) is 3.43. The van der Waals surface area contributed by atoms with E-state index in [2.05, 4.69) is 44.5 Å². The second-order valence-electron chi connectivity index (χ2n) is 3.43. The predicted octanol–water partition coefficient (Wildman–Crippen LogP) is 3.74. The van der Waals surface area contributed by atoms with Crippen molar-refractivity contribution in [2.45, 2.75) is 71.9 Å². The fourth-order valence-corrected chi connectivity index (χ4v) is 1.37. The van der Waals surface area contributed by atoms with Gasteiger partial charge in [0.25, 0.3) is 0 Å². The van der Waals surface area contributed by atoms with Crippen LogP contribution in [0.1, 0.15) is 54.9 Å². The molecule has 0 aliphatic rings. The van der Waals surface area contributed by atoms with Crippen LogP contribution in [0.4, 0.5) is 0 Å². The Morgan fingerprint density at radius 1 is 0.929 bits per heavy atom.